The SMILES string of the molecule is COC(c1ccccc1)c1nnc(Cl)s1. The van der Waals surface area contributed by atoms with Gasteiger partial charge < -0.3 is 4.74 Å². The molecule has 2 aromatic rings. The smallest absolute Gasteiger partial charge is 0.207 e. The van der Waals surface area contributed by atoms with Gasteiger partial charge in [-0.1, -0.05) is 41.7 Å². The number of nitrogens with zero attached hydrogens (tertiary/aromatic N) is 2. The normalized spacial score (nSPS) is 12.7. The zero-order valence-corrected chi connectivity index (χ0v) is 9.63. The molecule has 0 amide bonds. The quantitative estimate of drug-likeness (QED) is 0.828. The Labute approximate surface area is 96.7 Å². The maximum Gasteiger partial charge on any atom is 0.207 e. The van der Waals surface area contributed by atoms with Crippen molar-refractivity contribution < 1.29 is 4.74 Å². The molecule has 0 saturated carbocycles. The van der Waals surface area contributed by atoms with E-state index in [9.17, 15) is 0 Å². The van der Waals surface area contributed by atoms with Gasteiger partial charge in [0.1, 0.15) is 6.10 Å². The van der Waals surface area contributed by atoms with E-state index in [-0.39, 0.29) is 6.10 Å². The molecule has 0 fully saturated rings. The zero-order valence-electron chi connectivity index (χ0n) is 8.05. The molecule has 0 saturated heterocycles. The molecule has 1 aromatic carbocycles. The predicted octanol–water partition coefficient (Wildman–Crippen LogP) is 2.93. The van der Waals surface area contributed by atoms with Crippen molar-refractivity contribution in [1.82, 2.24) is 10.2 Å². The Morgan fingerprint density at radius 3 is 2.53 bits per heavy atom. The van der Waals surface area contributed by atoms with Gasteiger partial charge in [0.2, 0.25) is 4.47 Å². The van der Waals surface area contributed by atoms with Crippen molar-refractivity contribution in [3.8, 4) is 0 Å². The summed E-state index contributed by atoms with van der Waals surface area (Å²) >= 11 is 7.07. The predicted molar refractivity (Wildman–Crippen MR) is 60.2 cm³/mol. The highest BCUT2D eigenvalue weighted by atomic mass is 35.5. The number of hydrogen-bond acceptors (Lipinski definition) is 4. The molecule has 78 valence electrons. The number of ether oxygens (including phenoxy) is 1. The highest BCUT2D eigenvalue weighted by Gasteiger charge is 2.17. The molecule has 1 heterocycles. The lowest BCUT2D eigenvalue weighted by Gasteiger charge is -2.11. The second kappa shape index (κ2) is 4.70. The Morgan fingerprint density at radius 2 is 2.00 bits per heavy atom. The van der Waals surface area contributed by atoms with E-state index >= 15 is 0 Å². The lowest BCUT2D eigenvalue weighted by Crippen LogP contribution is -2.02. The van der Waals surface area contributed by atoms with Crippen LogP contribution in [0.2, 0.25) is 4.47 Å². The summed E-state index contributed by atoms with van der Waals surface area (Å²) in [6, 6.07) is 9.87. The van der Waals surface area contributed by atoms with Crippen LogP contribution in [0, 0.1) is 0 Å². The number of aromatic nitrogens is 2. The Kier molecular flexibility index (Phi) is 3.30. The van der Waals surface area contributed by atoms with Gasteiger partial charge in [-0.3, -0.25) is 0 Å². The van der Waals surface area contributed by atoms with Gasteiger partial charge in [0, 0.05) is 7.11 Å². The van der Waals surface area contributed by atoms with Gasteiger partial charge in [0.25, 0.3) is 0 Å². The highest BCUT2D eigenvalue weighted by Crippen LogP contribution is 2.29. The average Bonchev–Trinajstić information content (AvgIpc) is 2.68. The minimum absolute atomic E-state index is 0.184. The first-order valence-electron chi connectivity index (χ1n) is 4.38. The van der Waals surface area contributed by atoms with Crippen LogP contribution in [0.15, 0.2) is 30.3 Å². The first kappa shape index (κ1) is 10.5. The maximum absolute atomic E-state index is 5.74. The van der Waals surface area contributed by atoms with Crippen LogP contribution in [0.4, 0.5) is 0 Å². The van der Waals surface area contributed by atoms with Crippen LogP contribution in [0.3, 0.4) is 0 Å². The molecule has 1 atom stereocenters. The van der Waals surface area contributed by atoms with Crippen molar-refractivity contribution >= 4 is 22.9 Å². The van der Waals surface area contributed by atoms with Crippen molar-refractivity contribution in [2.45, 2.75) is 6.10 Å². The molecule has 15 heavy (non-hydrogen) atoms. The molecule has 1 unspecified atom stereocenters. The van der Waals surface area contributed by atoms with Crippen molar-refractivity contribution in [1.29, 1.82) is 0 Å². The van der Waals surface area contributed by atoms with E-state index in [2.05, 4.69) is 10.2 Å². The van der Waals surface area contributed by atoms with E-state index in [4.69, 9.17) is 16.3 Å². The fourth-order valence-electron chi connectivity index (χ4n) is 1.33. The summed E-state index contributed by atoms with van der Waals surface area (Å²) in [6.45, 7) is 0. The molecule has 0 radical (unpaired) electrons. The fourth-order valence-corrected chi connectivity index (χ4v) is 2.28. The van der Waals surface area contributed by atoms with E-state index in [1.54, 1.807) is 7.11 Å². The highest BCUT2D eigenvalue weighted by molar-refractivity contribution is 7.15. The monoisotopic (exact) mass is 240 g/mol. The van der Waals surface area contributed by atoms with Gasteiger partial charge in [-0.25, -0.2) is 0 Å². The summed E-state index contributed by atoms with van der Waals surface area (Å²) in [5.41, 5.74) is 1.05. The molecule has 1 aromatic heterocycles. The molecule has 2 rings (SSSR count). The Bertz CT molecular complexity index is 432. The largest absolute Gasteiger partial charge is 0.369 e. The van der Waals surface area contributed by atoms with E-state index in [1.165, 1.54) is 11.3 Å². The third-order valence-corrected chi connectivity index (χ3v) is 3.04. The average molecular weight is 241 g/mol. The molecule has 0 spiro atoms. The number of rotatable bonds is 3. The van der Waals surface area contributed by atoms with Crippen LogP contribution in [-0.4, -0.2) is 17.3 Å². The Balaban J connectivity index is 2.33. The molecule has 0 aliphatic carbocycles. The molecule has 5 heteroatoms. The Hall–Kier alpha value is -0.970. The number of benzene rings is 1. The summed E-state index contributed by atoms with van der Waals surface area (Å²) in [5.74, 6) is 0. The summed E-state index contributed by atoms with van der Waals surface area (Å²) < 4.78 is 5.82. The second-order valence-corrected chi connectivity index (χ2v) is 4.51. The van der Waals surface area contributed by atoms with Crippen molar-refractivity contribution in [3.63, 3.8) is 0 Å². The van der Waals surface area contributed by atoms with Crippen molar-refractivity contribution in [2.75, 3.05) is 7.11 Å². The van der Waals surface area contributed by atoms with E-state index in [0.29, 0.717) is 4.47 Å². The minimum Gasteiger partial charge on any atom is -0.369 e. The topological polar surface area (TPSA) is 35.0 Å². The van der Waals surface area contributed by atoms with Gasteiger partial charge in [-0.05, 0) is 17.2 Å². The van der Waals surface area contributed by atoms with Crippen LogP contribution in [0.25, 0.3) is 0 Å². The third-order valence-electron chi connectivity index (χ3n) is 1.98. The van der Waals surface area contributed by atoms with Gasteiger partial charge in [0.05, 0.1) is 0 Å². The van der Waals surface area contributed by atoms with Crippen LogP contribution < -0.4 is 0 Å². The van der Waals surface area contributed by atoms with Crippen LogP contribution in [0.5, 0.6) is 0 Å². The van der Waals surface area contributed by atoms with Crippen LogP contribution in [0.1, 0.15) is 16.7 Å². The molecule has 0 aliphatic rings. The molecular formula is C10H9ClN2OS. The van der Waals surface area contributed by atoms with E-state index in [0.717, 1.165) is 10.6 Å². The van der Waals surface area contributed by atoms with Gasteiger partial charge >= 0.3 is 0 Å². The fraction of sp³-hybridized carbons (Fsp3) is 0.200. The summed E-state index contributed by atoms with van der Waals surface area (Å²) in [6.07, 6.45) is -0.184. The molecule has 0 aliphatic heterocycles. The second-order valence-electron chi connectivity index (χ2n) is 2.92. The first-order chi connectivity index (χ1) is 7.31. The first-order valence-corrected chi connectivity index (χ1v) is 5.57. The lowest BCUT2D eigenvalue weighted by molar-refractivity contribution is 0.135. The van der Waals surface area contributed by atoms with Gasteiger partial charge in [-0.2, -0.15) is 0 Å². The van der Waals surface area contributed by atoms with Gasteiger partial charge in [0.15, 0.2) is 5.01 Å². The number of hydrogen-bond donors (Lipinski definition) is 0. The standard InChI is InChI=1S/C10H9ClN2OS/c1-14-8(7-5-3-2-4-6-7)9-12-13-10(11)15-9/h2-6,8H,1H3. The molecular weight excluding hydrogens is 232 g/mol. The molecule has 0 bridgehead atoms. The summed E-state index contributed by atoms with van der Waals surface area (Å²) in [4.78, 5) is 0. The zero-order chi connectivity index (χ0) is 10.7. The Morgan fingerprint density at radius 1 is 1.27 bits per heavy atom. The third kappa shape index (κ3) is 2.34. The van der Waals surface area contributed by atoms with Gasteiger partial charge in [-0.15, -0.1) is 10.2 Å². The van der Waals surface area contributed by atoms with Crippen LogP contribution >= 0.6 is 22.9 Å². The summed E-state index contributed by atoms with van der Waals surface area (Å²) in [5, 5.41) is 8.51. The van der Waals surface area contributed by atoms with Crippen LogP contribution in [-0.2, 0) is 4.74 Å². The lowest BCUT2D eigenvalue weighted by atomic mass is 10.1. The number of halogens is 1. The molecule has 0 N–H and O–H groups in total. The summed E-state index contributed by atoms with van der Waals surface area (Å²) in [7, 11) is 1.65. The molecule has 3 nitrogen and oxygen atoms in total. The number of methoxy groups -OCH3 is 1. The minimum atomic E-state index is -0.184. The van der Waals surface area contributed by atoms with Crippen molar-refractivity contribution in [3.05, 3.63) is 45.4 Å². The van der Waals surface area contributed by atoms with E-state index < -0.39 is 0 Å². The maximum atomic E-state index is 5.74. The van der Waals surface area contributed by atoms with E-state index in [1.807, 2.05) is 30.3 Å². The van der Waals surface area contributed by atoms with Crippen molar-refractivity contribution in [2.24, 2.45) is 0 Å².